The highest BCUT2D eigenvalue weighted by Crippen LogP contribution is 2.07. The molecule has 0 fully saturated rings. The molecule has 0 atom stereocenters. The van der Waals surface area contributed by atoms with Gasteiger partial charge in [0.25, 0.3) is 0 Å². The second-order valence-corrected chi connectivity index (χ2v) is 6.61. The smallest absolute Gasteiger partial charge is 0.153 e. The minimum atomic E-state index is -3.06. The van der Waals surface area contributed by atoms with Crippen LogP contribution in [0, 0.1) is 6.92 Å². The second kappa shape index (κ2) is 4.89. The molecular weight excluding hydrogens is 250 g/mol. The molecule has 0 N–H and O–H groups in total. The summed E-state index contributed by atoms with van der Waals surface area (Å²) >= 11 is 0. The average molecular weight is 265 g/mol. The summed E-state index contributed by atoms with van der Waals surface area (Å²) in [6, 6.07) is 8.09. The molecular formula is C12H15N3O2S. The Kier molecular flexibility index (Phi) is 3.47. The van der Waals surface area contributed by atoms with E-state index in [0.717, 1.165) is 5.56 Å². The fraction of sp³-hybridized carbons (Fsp3) is 0.333. The molecule has 0 saturated heterocycles. The van der Waals surface area contributed by atoms with E-state index < -0.39 is 9.84 Å². The average Bonchev–Trinajstić information content (AvgIpc) is 2.62. The molecule has 0 aliphatic carbocycles. The van der Waals surface area contributed by atoms with Crippen molar-refractivity contribution in [3.05, 3.63) is 47.3 Å². The number of nitrogens with zero attached hydrogens (tertiary/aromatic N) is 3. The lowest BCUT2D eigenvalue weighted by molar-refractivity contribution is 0.600. The van der Waals surface area contributed by atoms with Crippen molar-refractivity contribution in [1.29, 1.82) is 0 Å². The molecule has 0 aliphatic heterocycles. The Hall–Kier alpha value is -1.69. The van der Waals surface area contributed by atoms with Gasteiger partial charge in [0.15, 0.2) is 9.84 Å². The van der Waals surface area contributed by atoms with E-state index in [1.165, 1.54) is 11.8 Å². The van der Waals surface area contributed by atoms with E-state index in [9.17, 15) is 8.42 Å². The Labute approximate surface area is 106 Å². The van der Waals surface area contributed by atoms with E-state index >= 15 is 0 Å². The monoisotopic (exact) mass is 265 g/mol. The summed E-state index contributed by atoms with van der Waals surface area (Å²) in [5, 5.41) is 7.78. The van der Waals surface area contributed by atoms with Crippen LogP contribution in [-0.2, 0) is 22.1 Å². The van der Waals surface area contributed by atoms with Crippen molar-refractivity contribution in [3.8, 4) is 0 Å². The SMILES string of the molecule is Cc1cccc(Cn2cc(CS(C)(=O)=O)nn2)c1. The van der Waals surface area contributed by atoms with Gasteiger partial charge in [-0.05, 0) is 12.5 Å². The molecule has 1 aromatic carbocycles. The number of hydrogen-bond acceptors (Lipinski definition) is 4. The third kappa shape index (κ3) is 3.66. The molecule has 0 spiro atoms. The van der Waals surface area contributed by atoms with Crippen molar-refractivity contribution < 1.29 is 8.42 Å². The van der Waals surface area contributed by atoms with Crippen LogP contribution in [0.5, 0.6) is 0 Å². The molecule has 96 valence electrons. The van der Waals surface area contributed by atoms with Crippen LogP contribution in [-0.4, -0.2) is 29.7 Å². The minimum absolute atomic E-state index is 0.0686. The molecule has 1 aromatic heterocycles. The molecule has 0 bridgehead atoms. The normalized spacial score (nSPS) is 11.7. The summed E-state index contributed by atoms with van der Waals surface area (Å²) in [7, 11) is -3.06. The van der Waals surface area contributed by atoms with Gasteiger partial charge in [-0.2, -0.15) is 0 Å². The second-order valence-electron chi connectivity index (χ2n) is 4.47. The Balaban J connectivity index is 2.12. The number of rotatable bonds is 4. The topological polar surface area (TPSA) is 64.8 Å². The van der Waals surface area contributed by atoms with Crippen molar-refractivity contribution in [3.63, 3.8) is 0 Å². The van der Waals surface area contributed by atoms with Gasteiger partial charge in [0, 0.05) is 12.5 Å². The third-order valence-electron chi connectivity index (χ3n) is 2.42. The first-order chi connectivity index (χ1) is 8.42. The van der Waals surface area contributed by atoms with Crippen LogP contribution in [0.15, 0.2) is 30.5 Å². The summed E-state index contributed by atoms with van der Waals surface area (Å²) in [5.41, 5.74) is 2.78. The van der Waals surface area contributed by atoms with Crippen LogP contribution >= 0.6 is 0 Å². The molecule has 0 unspecified atom stereocenters. The van der Waals surface area contributed by atoms with Crippen molar-refractivity contribution in [2.75, 3.05) is 6.26 Å². The van der Waals surface area contributed by atoms with Crippen molar-refractivity contribution in [2.45, 2.75) is 19.2 Å². The summed E-state index contributed by atoms with van der Waals surface area (Å²) in [4.78, 5) is 0. The molecule has 0 amide bonds. The van der Waals surface area contributed by atoms with Crippen LogP contribution < -0.4 is 0 Å². The van der Waals surface area contributed by atoms with Crippen molar-refractivity contribution in [2.24, 2.45) is 0 Å². The number of aromatic nitrogens is 3. The first kappa shape index (κ1) is 12.8. The van der Waals surface area contributed by atoms with E-state index in [-0.39, 0.29) is 5.75 Å². The highest BCUT2D eigenvalue weighted by atomic mass is 32.2. The van der Waals surface area contributed by atoms with E-state index in [0.29, 0.717) is 12.2 Å². The summed E-state index contributed by atoms with van der Waals surface area (Å²) < 4.78 is 23.9. The van der Waals surface area contributed by atoms with Crippen molar-refractivity contribution in [1.82, 2.24) is 15.0 Å². The molecule has 0 aliphatic rings. The first-order valence-electron chi connectivity index (χ1n) is 5.55. The van der Waals surface area contributed by atoms with Gasteiger partial charge in [-0.25, -0.2) is 13.1 Å². The van der Waals surface area contributed by atoms with E-state index in [4.69, 9.17) is 0 Å². The summed E-state index contributed by atoms with van der Waals surface area (Å²) in [6.45, 7) is 2.62. The summed E-state index contributed by atoms with van der Waals surface area (Å²) in [5.74, 6) is -0.0686. The standard InChI is InChI=1S/C12H15N3O2S/c1-10-4-3-5-11(6-10)7-15-8-12(13-14-15)9-18(2,16)17/h3-6,8H,7,9H2,1-2H3. The van der Waals surface area contributed by atoms with E-state index in [1.54, 1.807) is 10.9 Å². The molecule has 2 rings (SSSR count). The Morgan fingerprint density at radius 1 is 1.33 bits per heavy atom. The Morgan fingerprint density at radius 2 is 2.11 bits per heavy atom. The molecule has 6 heteroatoms. The molecule has 18 heavy (non-hydrogen) atoms. The fourth-order valence-corrected chi connectivity index (χ4v) is 2.42. The van der Waals surface area contributed by atoms with Gasteiger partial charge in [-0.3, -0.25) is 0 Å². The maximum atomic E-state index is 11.1. The Bertz CT molecular complexity index is 647. The van der Waals surface area contributed by atoms with Crippen LogP contribution in [0.1, 0.15) is 16.8 Å². The lowest BCUT2D eigenvalue weighted by Crippen LogP contribution is -2.01. The van der Waals surface area contributed by atoms with E-state index in [2.05, 4.69) is 16.4 Å². The van der Waals surface area contributed by atoms with Crippen LogP contribution in [0.25, 0.3) is 0 Å². The largest absolute Gasteiger partial charge is 0.248 e. The molecule has 0 saturated carbocycles. The van der Waals surface area contributed by atoms with Crippen LogP contribution in [0.4, 0.5) is 0 Å². The number of aryl methyl sites for hydroxylation is 1. The lowest BCUT2D eigenvalue weighted by Gasteiger charge is -2.01. The minimum Gasteiger partial charge on any atom is -0.248 e. The zero-order valence-electron chi connectivity index (χ0n) is 10.4. The van der Waals surface area contributed by atoms with Gasteiger partial charge < -0.3 is 0 Å². The molecule has 2 aromatic rings. The molecule has 5 nitrogen and oxygen atoms in total. The fourth-order valence-electron chi connectivity index (χ4n) is 1.75. The van der Waals surface area contributed by atoms with Crippen LogP contribution in [0.3, 0.4) is 0 Å². The van der Waals surface area contributed by atoms with Gasteiger partial charge in [0.2, 0.25) is 0 Å². The Morgan fingerprint density at radius 3 is 2.78 bits per heavy atom. The van der Waals surface area contributed by atoms with Gasteiger partial charge in [0.1, 0.15) is 0 Å². The van der Waals surface area contributed by atoms with Gasteiger partial charge in [0.05, 0.1) is 18.0 Å². The summed E-state index contributed by atoms with van der Waals surface area (Å²) in [6.07, 6.45) is 2.86. The number of sulfone groups is 1. The zero-order valence-corrected chi connectivity index (χ0v) is 11.2. The maximum Gasteiger partial charge on any atom is 0.153 e. The first-order valence-corrected chi connectivity index (χ1v) is 7.61. The van der Waals surface area contributed by atoms with Gasteiger partial charge >= 0.3 is 0 Å². The number of hydrogen-bond donors (Lipinski definition) is 0. The van der Waals surface area contributed by atoms with Crippen molar-refractivity contribution >= 4 is 9.84 Å². The highest BCUT2D eigenvalue weighted by molar-refractivity contribution is 7.89. The predicted molar refractivity (Wildman–Crippen MR) is 68.9 cm³/mol. The predicted octanol–water partition coefficient (Wildman–Crippen LogP) is 1.18. The van der Waals surface area contributed by atoms with Gasteiger partial charge in [-0.15, -0.1) is 5.10 Å². The third-order valence-corrected chi connectivity index (χ3v) is 3.24. The van der Waals surface area contributed by atoms with E-state index in [1.807, 2.05) is 25.1 Å². The van der Waals surface area contributed by atoms with Crippen LogP contribution in [0.2, 0.25) is 0 Å². The molecule has 0 radical (unpaired) electrons. The quantitative estimate of drug-likeness (QED) is 0.832. The maximum absolute atomic E-state index is 11.1. The molecule has 1 heterocycles. The highest BCUT2D eigenvalue weighted by Gasteiger charge is 2.08. The number of benzene rings is 1. The van der Waals surface area contributed by atoms with Gasteiger partial charge in [-0.1, -0.05) is 35.0 Å². The zero-order chi connectivity index (χ0) is 13.2. The lowest BCUT2D eigenvalue weighted by atomic mass is 10.1.